The number of aliphatic hydroxyl groups excluding tert-OH is 2. The van der Waals surface area contributed by atoms with Gasteiger partial charge in [0.2, 0.25) is 5.91 Å². The van der Waals surface area contributed by atoms with E-state index < -0.39 is 6.10 Å². The summed E-state index contributed by atoms with van der Waals surface area (Å²) < 4.78 is 0. The maximum Gasteiger partial charge on any atom is 0.220 e. The summed E-state index contributed by atoms with van der Waals surface area (Å²) >= 11 is 0. The zero-order chi connectivity index (χ0) is 7.56. The third-order valence-electron chi connectivity index (χ3n) is 1.74. The van der Waals surface area contributed by atoms with Gasteiger partial charge in [-0.05, 0) is 0 Å². The largest absolute Gasteiger partial charge is 0.394 e. The van der Waals surface area contributed by atoms with Gasteiger partial charge in [-0.3, -0.25) is 4.79 Å². The molecule has 1 aliphatic heterocycles. The van der Waals surface area contributed by atoms with E-state index in [2.05, 4.69) is 5.32 Å². The molecule has 0 aromatic carbocycles. The van der Waals surface area contributed by atoms with Crippen molar-refractivity contribution in [2.45, 2.75) is 12.5 Å². The summed E-state index contributed by atoms with van der Waals surface area (Å²) in [4.78, 5) is 10.6. The standard InChI is InChI=1S/C6H11NO3/c8-3-5(9)4-1-6(10)7-2-4/h4-5,8-9H,1-3H2,(H,7,10)/t4-,5+/m0/s1. The van der Waals surface area contributed by atoms with Crippen LogP contribution in [-0.4, -0.2) is 35.4 Å². The SMILES string of the molecule is O=C1C[C@H]([C@H](O)CO)CN1. The highest BCUT2D eigenvalue weighted by Crippen LogP contribution is 2.12. The number of amides is 1. The molecule has 1 aliphatic rings. The quantitative estimate of drug-likeness (QED) is 0.442. The van der Waals surface area contributed by atoms with Crippen LogP contribution < -0.4 is 5.32 Å². The van der Waals surface area contributed by atoms with Crippen LogP contribution in [0.2, 0.25) is 0 Å². The Bertz CT molecular complexity index is 137. The van der Waals surface area contributed by atoms with Gasteiger partial charge >= 0.3 is 0 Å². The first-order valence-corrected chi connectivity index (χ1v) is 3.29. The van der Waals surface area contributed by atoms with Crippen molar-refractivity contribution in [3.8, 4) is 0 Å². The number of hydrogen-bond acceptors (Lipinski definition) is 3. The minimum absolute atomic E-state index is 0.0440. The normalized spacial score (nSPS) is 28.2. The first kappa shape index (κ1) is 7.50. The molecule has 0 unspecified atom stereocenters. The van der Waals surface area contributed by atoms with Crippen LogP contribution in [0.5, 0.6) is 0 Å². The smallest absolute Gasteiger partial charge is 0.220 e. The Labute approximate surface area is 58.9 Å². The molecule has 0 radical (unpaired) electrons. The van der Waals surface area contributed by atoms with Crippen LogP contribution in [0.1, 0.15) is 6.42 Å². The van der Waals surface area contributed by atoms with E-state index in [4.69, 9.17) is 10.2 Å². The zero-order valence-corrected chi connectivity index (χ0v) is 5.58. The highest BCUT2D eigenvalue weighted by molar-refractivity contribution is 5.78. The summed E-state index contributed by atoms with van der Waals surface area (Å²) in [6.07, 6.45) is -0.416. The monoisotopic (exact) mass is 145 g/mol. The number of carbonyl (C=O) groups is 1. The first-order chi connectivity index (χ1) is 4.74. The second-order valence-corrected chi connectivity index (χ2v) is 2.52. The van der Waals surface area contributed by atoms with E-state index in [1.54, 1.807) is 0 Å². The molecular formula is C6H11NO3. The summed E-state index contributed by atoms with van der Waals surface area (Å²) in [5, 5.41) is 20.1. The predicted octanol–water partition coefficient (Wildman–Crippen LogP) is -1.52. The van der Waals surface area contributed by atoms with Crippen LogP contribution in [0.15, 0.2) is 0 Å². The van der Waals surface area contributed by atoms with Crippen molar-refractivity contribution in [3.63, 3.8) is 0 Å². The average Bonchev–Trinajstić information content (AvgIpc) is 2.34. The average molecular weight is 145 g/mol. The van der Waals surface area contributed by atoms with Gasteiger partial charge < -0.3 is 15.5 Å². The van der Waals surface area contributed by atoms with Crippen molar-refractivity contribution in [1.29, 1.82) is 0 Å². The number of nitrogens with one attached hydrogen (secondary N) is 1. The molecule has 0 aliphatic carbocycles. The van der Waals surface area contributed by atoms with Gasteiger partial charge in [0.15, 0.2) is 0 Å². The molecule has 1 fully saturated rings. The molecule has 4 heteroatoms. The van der Waals surface area contributed by atoms with Crippen LogP contribution in [0.4, 0.5) is 0 Å². The molecule has 1 saturated heterocycles. The molecule has 58 valence electrons. The van der Waals surface area contributed by atoms with Crippen LogP contribution in [-0.2, 0) is 4.79 Å². The summed E-state index contributed by atoms with van der Waals surface area (Å²) in [5.74, 6) is -0.144. The minimum Gasteiger partial charge on any atom is -0.394 e. The number of rotatable bonds is 2. The molecule has 1 rings (SSSR count). The van der Waals surface area contributed by atoms with Gasteiger partial charge in [-0.2, -0.15) is 0 Å². The lowest BCUT2D eigenvalue weighted by molar-refractivity contribution is -0.119. The Morgan fingerprint density at radius 2 is 2.50 bits per heavy atom. The number of carbonyl (C=O) groups excluding carboxylic acids is 1. The van der Waals surface area contributed by atoms with Gasteiger partial charge in [0, 0.05) is 18.9 Å². The van der Waals surface area contributed by atoms with Crippen molar-refractivity contribution < 1.29 is 15.0 Å². The summed E-state index contributed by atoms with van der Waals surface area (Å²) in [5.41, 5.74) is 0. The van der Waals surface area contributed by atoms with Crippen LogP contribution in [0, 0.1) is 5.92 Å². The van der Waals surface area contributed by atoms with Crippen LogP contribution in [0.25, 0.3) is 0 Å². The Balaban J connectivity index is 2.36. The van der Waals surface area contributed by atoms with Crippen LogP contribution >= 0.6 is 0 Å². The van der Waals surface area contributed by atoms with Crippen molar-refractivity contribution in [1.82, 2.24) is 5.32 Å². The molecule has 3 N–H and O–H groups in total. The van der Waals surface area contributed by atoms with E-state index in [0.29, 0.717) is 13.0 Å². The fourth-order valence-electron chi connectivity index (χ4n) is 1.05. The lowest BCUT2D eigenvalue weighted by Crippen LogP contribution is -2.25. The second kappa shape index (κ2) is 2.98. The molecule has 2 atom stereocenters. The first-order valence-electron chi connectivity index (χ1n) is 3.29. The summed E-state index contributed by atoms with van der Waals surface area (Å²) in [7, 11) is 0. The lowest BCUT2D eigenvalue weighted by atomic mass is 10.0. The Kier molecular flexibility index (Phi) is 2.24. The molecule has 0 aromatic rings. The molecule has 0 saturated carbocycles. The lowest BCUT2D eigenvalue weighted by Gasteiger charge is -2.11. The van der Waals surface area contributed by atoms with Gasteiger partial charge in [0.1, 0.15) is 0 Å². The Hall–Kier alpha value is -0.610. The molecule has 0 aromatic heterocycles. The maximum absolute atomic E-state index is 10.6. The van der Waals surface area contributed by atoms with Gasteiger partial charge in [0.25, 0.3) is 0 Å². The van der Waals surface area contributed by atoms with Crippen molar-refractivity contribution >= 4 is 5.91 Å². The highest BCUT2D eigenvalue weighted by Gasteiger charge is 2.27. The number of aliphatic hydroxyl groups is 2. The van der Waals surface area contributed by atoms with Gasteiger partial charge in [-0.1, -0.05) is 0 Å². The zero-order valence-electron chi connectivity index (χ0n) is 5.58. The predicted molar refractivity (Wildman–Crippen MR) is 34.2 cm³/mol. The van der Waals surface area contributed by atoms with E-state index in [1.165, 1.54) is 0 Å². The fourth-order valence-corrected chi connectivity index (χ4v) is 1.05. The van der Waals surface area contributed by atoms with E-state index in [1.807, 2.05) is 0 Å². The molecule has 1 heterocycles. The maximum atomic E-state index is 10.6. The fraction of sp³-hybridized carbons (Fsp3) is 0.833. The van der Waals surface area contributed by atoms with E-state index in [-0.39, 0.29) is 18.4 Å². The Morgan fingerprint density at radius 1 is 1.80 bits per heavy atom. The molecule has 10 heavy (non-hydrogen) atoms. The topological polar surface area (TPSA) is 69.6 Å². The van der Waals surface area contributed by atoms with E-state index in [9.17, 15) is 4.79 Å². The van der Waals surface area contributed by atoms with Gasteiger partial charge in [-0.25, -0.2) is 0 Å². The number of hydrogen-bond donors (Lipinski definition) is 3. The van der Waals surface area contributed by atoms with Gasteiger partial charge in [0.05, 0.1) is 12.7 Å². The van der Waals surface area contributed by atoms with Crippen LogP contribution in [0.3, 0.4) is 0 Å². The molecule has 0 spiro atoms. The molecule has 0 bridgehead atoms. The summed E-state index contributed by atoms with van der Waals surface area (Å²) in [6.45, 7) is 0.222. The molecule has 1 amide bonds. The third-order valence-corrected chi connectivity index (χ3v) is 1.74. The molecular weight excluding hydrogens is 134 g/mol. The third kappa shape index (κ3) is 1.46. The highest BCUT2D eigenvalue weighted by atomic mass is 16.3. The van der Waals surface area contributed by atoms with Gasteiger partial charge in [-0.15, -0.1) is 0 Å². The van der Waals surface area contributed by atoms with E-state index in [0.717, 1.165) is 0 Å². The minimum atomic E-state index is -0.751. The van der Waals surface area contributed by atoms with E-state index >= 15 is 0 Å². The van der Waals surface area contributed by atoms with Crippen molar-refractivity contribution in [3.05, 3.63) is 0 Å². The van der Waals surface area contributed by atoms with Crippen molar-refractivity contribution in [2.24, 2.45) is 5.92 Å². The Morgan fingerprint density at radius 3 is 2.90 bits per heavy atom. The molecule has 4 nitrogen and oxygen atoms in total. The van der Waals surface area contributed by atoms with Crippen molar-refractivity contribution in [2.75, 3.05) is 13.2 Å². The summed E-state index contributed by atoms with van der Waals surface area (Å²) in [6, 6.07) is 0. The second-order valence-electron chi connectivity index (χ2n) is 2.52.